The van der Waals surface area contributed by atoms with E-state index in [9.17, 15) is 18.0 Å². The van der Waals surface area contributed by atoms with Crippen molar-refractivity contribution in [2.75, 3.05) is 6.54 Å². The van der Waals surface area contributed by atoms with Gasteiger partial charge >= 0.3 is 6.18 Å². The summed E-state index contributed by atoms with van der Waals surface area (Å²) >= 11 is 0. The van der Waals surface area contributed by atoms with Crippen LogP contribution in [0.25, 0.3) is 0 Å². The molecule has 0 aliphatic carbocycles. The highest BCUT2D eigenvalue weighted by Gasteiger charge is 2.36. The Bertz CT molecular complexity index is 867. The third-order valence-electron chi connectivity index (χ3n) is 3.95. The number of alkyl halides is 3. The van der Waals surface area contributed by atoms with E-state index in [1.807, 2.05) is 4.90 Å². The van der Waals surface area contributed by atoms with E-state index in [0.717, 1.165) is 5.56 Å². The smallest absolute Gasteiger partial charge is 0.303 e. The highest BCUT2D eigenvalue weighted by molar-refractivity contribution is 5.37. The summed E-state index contributed by atoms with van der Waals surface area (Å²) in [5.41, 5.74) is 1.03. The van der Waals surface area contributed by atoms with Gasteiger partial charge in [0.05, 0.1) is 17.3 Å². The molecule has 2 heterocycles. The summed E-state index contributed by atoms with van der Waals surface area (Å²) in [7, 11) is 0. The van der Waals surface area contributed by atoms with Crippen LogP contribution in [-0.2, 0) is 25.7 Å². The van der Waals surface area contributed by atoms with Crippen molar-refractivity contribution >= 4 is 0 Å². The Morgan fingerprint density at radius 1 is 1.33 bits per heavy atom. The second-order valence-electron chi connectivity index (χ2n) is 5.57. The van der Waals surface area contributed by atoms with Crippen molar-refractivity contribution in [2.45, 2.75) is 25.7 Å². The maximum Gasteiger partial charge on any atom is 0.449 e. The molecule has 124 valence electrons. The lowest BCUT2D eigenvalue weighted by Gasteiger charge is -2.28. The molecule has 0 atom stereocenters. The van der Waals surface area contributed by atoms with Gasteiger partial charge in [0.25, 0.3) is 5.56 Å². The number of aromatic nitrogens is 2. The van der Waals surface area contributed by atoms with Gasteiger partial charge < -0.3 is 4.98 Å². The first kappa shape index (κ1) is 16.2. The molecular weight excluding hydrogens is 321 g/mol. The zero-order chi connectivity index (χ0) is 17.3. The normalized spacial score (nSPS) is 14.9. The molecule has 0 unspecified atom stereocenters. The Morgan fingerprint density at radius 3 is 2.79 bits per heavy atom. The lowest BCUT2D eigenvalue weighted by atomic mass is 10.0. The van der Waals surface area contributed by atoms with E-state index in [1.165, 1.54) is 0 Å². The molecule has 0 spiro atoms. The first-order valence-electron chi connectivity index (χ1n) is 7.28. The van der Waals surface area contributed by atoms with E-state index < -0.39 is 17.6 Å². The summed E-state index contributed by atoms with van der Waals surface area (Å²) in [4.78, 5) is 19.1. The van der Waals surface area contributed by atoms with Crippen LogP contribution < -0.4 is 5.56 Å². The number of nitrogens with one attached hydrogen (secondary N) is 1. The average Bonchev–Trinajstić information content (AvgIpc) is 2.54. The number of aromatic amines is 1. The number of benzene rings is 1. The van der Waals surface area contributed by atoms with E-state index in [2.05, 4.69) is 11.1 Å². The second-order valence-corrected chi connectivity index (χ2v) is 5.57. The molecule has 0 saturated heterocycles. The van der Waals surface area contributed by atoms with Crippen molar-refractivity contribution in [1.29, 1.82) is 5.26 Å². The Hall–Kier alpha value is -2.66. The van der Waals surface area contributed by atoms with Crippen LogP contribution in [0.4, 0.5) is 13.2 Å². The molecule has 8 heteroatoms. The molecular formula is C16H13F3N4O. The highest BCUT2D eigenvalue weighted by atomic mass is 19.4. The number of fused-ring (bicyclic) bond motifs is 1. The van der Waals surface area contributed by atoms with Gasteiger partial charge in [-0.05, 0) is 18.1 Å². The lowest BCUT2D eigenvalue weighted by molar-refractivity contribution is -0.145. The minimum Gasteiger partial charge on any atom is -0.303 e. The summed E-state index contributed by atoms with van der Waals surface area (Å²) in [5.74, 6) is -1.27. The van der Waals surface area contributed by atoms with E-state index in [0.29, 0.717) is 30.6 Å². The van der Waals surface area contributed by atoms with E-state index >= 15 is 0 Å². The van der Waals surface area contributed by atoms with Crippen LogP contribution in [0.1, 0.15) is 28.2 Å². The van der Waals surface area contributed by atoms with Crippen molar-refractivity contribution in [3.63, 3.8) is 0 Å². The number of rotatable bonds is 2. The first-order chi connectivity index (χ1) is 11.4. The monoisotopic (exact) mass is 334 g/mol. The Labute approximate surface area is 135 Å². The van der Waals surface area contributed by atoms with Crippen LogP contribution in [0, 0.1) is 11.3 Å². The summed E-state index contributed by atoms with van der Waals surface area (Å²) in [5, 5.41) is 9.12. The van der Waals surface area contributed by atoms with Gasteiger partial charge in [-0.25, -0.2) is 4.98 Å². The molecule has 1 aliphatic heterocycles. The molecule has 0 bridgehead atoms. The zero-order valence-electron chi connectivity index (χ0n) is 12.5. The molecule has 0 amide bonds. The van der Waals surface area contributed by atoms with Gasteiger partial charge in [-0.2, -0.15) is 18.4 Å². The molecule has 1 aliphatic rings. The predicted molar refractivity (Wildman–Crippen MR) is 78.8 cm³/mol. The fraction of sp³-hybridized carbons (Fsp3) is 0.312. The van der Waals surface area contributed by atoms with E-state index in [1.54, 1.807) is 29.2 Å². The van der Waals surface area contributed by atoms with E-state index in [4.69, 9.17) is 5.26 Å². The molecule has 3 rings (SSSR count). The molecule has 1 N–H and O–H groups in total. The number of hydrogen-bond acceptors (Lipinski definition) is 4. The van der Waals surface area contributed by atoms with Crippen LogP contribution >= 0.6 is 0 Å². The van der Waals surface area contributed by atoms with Crippen molar-refractivity contribution in [3.8, 4) is 6.07 Å². The summed E-state index contributed by atoms with van der Waals surface area (Å²) in [6.07, 6.45) is -4.37. The number of H-pyrrole nitrogens is 1. The van der Waals surface area contributed by atoms with Crippen molar-refractivity contribution in [3.05, 3.63) is 62.8 Å². The van der Waals surface area contributed by atoms with Crippen LogP contribution in [0.15, 0.2) is 29.1 Å². The molecule has 1 aromatic carbocycles. The maximum absolute atomic E-state index is 12.8. The molecule has 5 nitrogen and oxygen atoms in total. The van der Waals surface area contributed by atoms with Crippen molar-refractivity contribution in [1.82, 2.24) is 14.9 Å². The second kappa shape index (κ2) is 6.09. The number of nitrogens with zero attached hydrogens (tertiary/aromatic N) is 3. The largest absolute Gasteiger partial charge is 0.449 e. The van der Waals surface area contributed by atoms with E-state index in [-0.39, 0.29) is 12.2 Å². The quantitative estimate of drug-likeness (QED) is 0.914. The van der Waals surface area contributed by atoms with Gasteiger partial charge in [0.2, 0.25) is 5.82 Å². The molecule has 0 radical (unpaired) electrons. The van der Waals surface area contributed by atoms with Crippen LogP contribution in [0.3, 0.4) is 0 Å². The lowest BCUT2D eigenvalue weighted by Crippen LogP contribution is -2.36. The van der Waals surface area contributed by atoms with Gasteiger partial charge in [-0.1, -0.05) is 18.2 Å². The minimum absolute atomic E-state index is 0.141. The summed E-state index contributed by atoms with van der Waals surface area (Å²) in [6, 6.07) is 9.15. The predicted octanol–water partition coefficient (Wildman–Crippen LogP) is 2.22. The fourth-order valence-electron chi connectivity index (χ4n) is 2.77. The molecule has 2 aromatic rings. The average molecular weight is 334 g/mol. The highest BCUT2D eigenvalue weighted by Crippen LogP contribution is 2.27. The van der Waals surface area contributed by atoms with Gasteiger partial charge in [-0.15, -0.1) is 0 Å². The standard InChI is InChI=1S/C16H13F3N4O/c17-16(18,19)15-21-13-9-23(6-5-12(13)14(24)22-15)8-11-4-2-1-3-10(11)7-20/h1-4H,5-6,8-9H2,(H,21,22,24). The molecule has 1 aromatic heterocycles. The SMILES string of the molecule is N#Cc1ccccc1CN1CCc2c(nc(C(F)(F)F)[nH]c2=O)C1. The van der Waals surface area contributed by atoms with Crippen LogP contribution in [0.5, 0.6) is 0 Å². The molecule has 24 heavy (non-hydrogen) atoms. The number of hydrogen-bond donors (Lipinski definition) is 1. The van der Waals surface area contributed by atoms with Gasteiger partial charge in [0.15, 0.2) is 0 Å². The minimum atomic E-state index is -4.69. The van der Waals surface area contributed by atoms with Gasteiger partial charge in [-0.3, -0.25) is 9.69 Å². The fourth-order valence-corrected chi connectivity index (χ4v) is 2.77. The molecule has 0 fully saturated rings. The van der Waals surface area contributed by atoms with Crippen LogP contribution in [0.2, 0.25) is 0 Å². The zero-order valence-corrected chi connectivity index (χ0v) is 12.5. The first-order valence-corrected chi connectivity index (χ1v) is 7.28. The van der Waals surface area contributed by atoms with Crippen molar-refractivity contribution in [2.24, 2.45) is 0 Å². The third-order valence-corrected chi connectivity index (χ3v) is 3.95. The Kier molecular flexibility index (Phi) is 4.11. The number of halogens is 3. The maximum atomic E-state index is 12.8. The Morgan fingerprint density at radius 2 is 2.08 bits per heavy atom. The third kappa shape index (κ3) is 3.16. The topological polar surface area (TPSA) is 72.8 Å². The van der Waals surface area contributed by atoms with Crippen LogP contribution in [-0.4, -0.2) is 21.4 Å². The molecule has 0 saturated carbocycles. The van der Waals surface area contributed by atoms with Gasteiger partial charge in [0, 0.05) is 25.2 Å². The number of nitriles is 1. The summed E-state index contributed by atoms with van der Waals surface area (Å²) < 4.78 is 38.4. The Balaban J connectivity index is 1.88. The van der Waals surface area contributed by atoms with Gasteiger partial charge in [0.1, 0.15) is 0 Å². The summed E-state index contributed by atoms with van der Waals surface area (Å²) in [6.45, 7) is 1.07. The van der Waals surface area contributed by atoms with Crippen molar-refractivity contribution < 1.29 is 13.2 Å².